The van der Waals surface area contributed by atoms with Gasteiger partial charge in [-0.1, -0.05) is 6.92 Å². The van der Waals surface area contributed by atoms with Gasteiger partial charge in [-0.15, -0.1) is 0 Å². The average Bonchev–Trinajstić information content (AvgIpc) is 2.29. The van der Waals surface area contributed by atoms with Crippen molar-refractivity contribution in [1.29, 1.82) is 0 Å². The Hall–Kier alpha value is -1.16. The third kappa shape index (κ3) is 2.26. The molecule has 82 valence electrons. The molecule has 1 fully saturated rings. The fraction of sp³-hybridized carbons (Fsp3) is 0.636. The number of hydrogen-bond acceptors (Lipinski definition) is 4. The number of hydrogen-bond donors (Lipinski definition) is 1. The lowest BCUT2D eigenvalue weighted by Gasteiger charge is -2.32. The normalized spacial score (nSPS) is 21.7. The molecule has 4 nitrogen and oxygen atoms in total. The maximum absolute atomic E-state index is 5.66. The van der Waals surface area contributed by atoms with Gasteiger partial charge in [0.15, 0.2) is 5.82 Å². The lowest BCUT2D eigenvalue weighted by molar-refractivity contribution is 0.443. The summed E-state index contributed by atoms with van der Waals surface area (Å²) in [4.78, 5) is 11.0. The van der Waals surface area contributed by atoms with Crippen LogP contribution in [0.2, 0.25) is 0 Å². The van der Waals surface area contributed by atoms with Crippen LogP contribution >= 0.6 is 0 Å². The summed E-state index contributed by atoms with van der Waals surface area (Å²) in [6.45, 7) is 4.90. The number of rotatable bonds is 2. The van der Waals surface area contributed by atoms with Crippen molar-refractivity contribution in [2.75, 3.05) is 18.0 Å². The zero-order valence-electron chi connectivity index (χ0n) is 9.19. The summed E-state index contributed by atoms with van der Waals surface area (Å²) in [6.07, 6.45) is 6.00. The third-order valence-corrected chi connectivity index (χ3v) is 2.90. The highest BCUT2D eigenvalue weighted by atomic mass is 15.2. The molecular formula is C11H18N4. The van der Waals surface area contributed by atoms with E-state index < -0.39 is 0 Å². The molecule has 1 saturated heterocycles. The van der Waals surface area contributed by atoms with Gasteiger partial charge >= 0.3 is 0 Å². The van der Waals surface area contributed by atoms with Crippen molar-refractivity contribution in [3.63, 3.8) is 0 Å². The molecular weight excluding hydrogens is 188 g/mol. The molecule has 2 heterocycles. The second kappa shape index (κ2) is 4.57. The smallest absolute Gasteiger partial charge is 0.151 e. The van der Waals surface area contributed by atoms with Crippen LogP contribution in [-0.2, 0) is 6.54 Å². The van der Waals surface area contributed by atoms with Crippen LogP contribution in [-0.4, -0.2) is 23.1 Å². The van der Waals surface area contributed by atoms with Crippen molar-refractivity contribution >= 4 is 5.82 Å². The van der Waals surface area contributed by atoms with Crippen LogP contribution in [0.1, 0.15) is 25.5 Å². The van der Waals surface area contributed by atoms with Gasteiger partial charge in [0.25, 0.3) is 0 Å². The molecule has 2 rings (SSSR count). The van der Waals surface area contributed by atoms with Crippen LogP contribution in [0.25, 0.3) is 0 Å². The van der Waals surface area contributed by atoms with Crippen molar-refractivity contribution < 1.29 is 0 Å². The molecule has 0 amide bonds. The van der Waals surface area contributed by atoms with E-state index in [1.54, 1.807) is 12.4 Å². The Morgan fingerprint density at radius 2 is 2.27 bits per heavy atom. The second-order valence-electron chi connectivity index (χ2n) is 4.22. The minimum atomic E-state index is 0.466. The van der Waals surface area contributed by atoms with E-state index in [0.29, 0.717) is 6.54 Å². The van der Waals surface area contributed by atoms with Crippen LogP contribution < -0.4 is 10.6 Å². The first-order valence-corrected chi connectivity index (χ1v) is 5.56. The lowest BCUT2D eigenvalue weighted by atomic mass is 10.0. The zero-order chi connectivity index (χ0) is 10.7. The predicted octanol–water partition coefficient (Wildman–Crippen LogP) is 1.17. The fourth-order valence-corrected chi connectivity index (χ4v) is 2.15. The van der Waals surface area contributed by atoms with Crippen LogP contribution in [0.3, 0.4) is 0 Å². The summed E-state index contributed by atoms with van der Waals surface area (Å²) in [6, 6.07) is 0. The van der Waals surface area contributed by atoms with E-state index in [9.17, 15) is 0 Å². The molecule has 4 heteroatoms. The Bertz CT molecular complexity index is 326. The molecule has 0 saturated carbocycles. The van der Waals surface area contributed by atoms with Crippen molar-refractivity contribution in [1.82, 2.24) is 9.97 Å². The maximum atomic E-state index is 5.66. The topological polar surface area (TPSA) is 55.0 Å². The molecule has 0 radical (unpaired) electrons. The van der Waals surface area contributed by atoms with Gasteiger partial charge in [0.2, 0.25) is 0 Å². The molecule has 0 spiro atoms. The van der Waals surface area contributed by atoms with Crippen molar-refractivity contribution in [2.45, 2.75) is 26.3 Å². The Kier molecular flexibility index (Phi) is 3.16. The quantitative estimate of drug-likeness (QED) is 0.789. The molecule has 1 aromatic rings. The summed E-state index contributed by atoms with van der Waals surface area (Å²) in [5, 5.41) is 0. The van der Waals surface area contributed by atoms with Gasteiger partial charge in [-0.25, -0.2) is 4.98 Å². The van der Waals surface area contributed by atoms with E-state index in [2.05, 4.69) is 21.8 Å². The summed E-state index contributed by atoms with van der Waals surface area (Å²) < 4.78 is 0. The van der Waals surface area contributed by atoms with E-state index >= 15 is 0 Å². The van der Waals surface area contributed by atoms with Gasteiger partial charge in [0, 0.05) is 32.0 Å². The third-order valence-electron chi connectivity index (χ3n) is 2.90. The van der Waals surface area contributed by atoms with Crippen LogP contribution in [0, 0.1) is 5.92 Å². The maximum Gasteiger partial charge on any atom is 0.151 e. The highest BCUT2D eigenvalue weighted by Crippen LogP contribution is 2.22. The first-order valence-electron chi connectivity index (χ1n) is 5.56. The zero-order valence-corrected chi connectivity index (χ0v) is 9.19. The van der Waals surface area contributed by atoms with Gasteiger partial charge in [0.1, 0.15) is 0 Å². The van der Waals surface area contributed by atoms with Gasteiger partial charge in [-0.2, -0.15) is 0 Å². The number of anilines is 1. The standard InChI is InChI=1S/C11H18N4/c1-9-3-2-6-15(8-9)11-10(7-12)13-4-5-14-11/h4-5,9H,2-3,6-8,12H2,1H3. The highest BCUT2D eigenvalue weighted by molar-refractivity contribution is 5.43. The van der Waals surface area contributed by atoms with E-state index in [4.69, 9.17) is 5.73 Å². The van der Waals surface area contributed by atoms with Crippen LogP contribution in [0.15, 0.2) is 12.4 Å². The first kappa shape index (κ1) is 10.4. The average molecular weight is 206 g/mol. The van der Waals surface area contributed by atoms with Gasteiger partial charge in [0.05, 0.1) is 5.69 Å². The second-order valence-corrected chi connectivity index (χ2v) is 4.22. The van der Waals surface area contributed by atoms with E-state index in [1.165, 1.54) is 12.8 Å². The van der Waals surface area contributed by atoms with Crippen LogP contribution in [0.4, 0.5) is 5.82 Å². The van der Waals surface area contributed by atoms with E-state index in [0.717, 1.165) is 30.5 Å². The lowest BCUT2D eigenvalue weighted by Crippen LogP contribution is -2.35. The predicted molar refractivity (Wildman–Crippen MR) is 60.5 cm³/mol. The minimum absolute atomic E-state index is 0.466. The molecule has 1 aliphatic rings. The minimum Gasteiger partial charge on any atom is -0.355 e. The molecule has 1 aromatic heterocycles. The number of piperidine rings is 1. The highest BCUT2D eigenvalue weighted by Gasteiger charge is 2.19. The first-order chi connectivity index (χ1) is 7.31. The molecule has 1 aliphatic heterocycles. The SMILES string of the molecule is CC1CCCN(c2nccnc2CN)C1. The summed E-state index contributed by atoms with van der Waals surface area (Å²) >= 11 is 0. The molecule has 1 unspecified atom stereocenters. The van der Waals surface area contributed by atoms with E-state index in [1.807, 2.05) is 0 Å². The fourth-order valence-electron chi connectivity index (χ4n) is 2.15. The summed E-state index contributed by atoms with van der Waals surface area (Å²) in [5.41, 5.74) is 6.57. The van der Waals surface area contributed by atoms with Gasteiger partial charge in [-0.3, -0.25) is 4.98 Å². The molecule has 2 N–H and O–H groups in total. The van der Waals surface area contributed by atoms with Crippen molar-refractivity contribution in [3.8, 4) is 0 Å². The van der Waals surface area contributed by atoms with Crippen LogP contribution in [0.5, 0.6) is 0 Å². The Balaban J connectivity index is 2.20. The molecule has 1 atom stereocenters. The van der Waals surface area contributed by atoms with E-state index in [-0.39, 0.29) is 0 Å². The molecule has 0 bridgehead atoms. The number of nitrogens with zero attached hydrogens (tertiary/aromatic N) is 3. The number of nitrogens with two attached hydrogens (primary N) is 1. The molecule has 15 heavy (non-hydrogen) atoms. The monoisotopic (exact) mass is 206 g/mol. The van der Waals surface area contributed by atoms with Crippen molar-refractivity contribution in [2.24, 2.45) is 11.7 Å². The Labute approximate surface area is 90.5 Å². The van der Waals surface area contributed by atoms with Gasteiger partial charge < -0.3 is 10.6 Å². The Morgan fingerprint density at radius 1 is 1.47 bits per heavy atom. The number of aromatic nitrogens is 2. The summed E-state index contributed by atoms with van der Waals surface area (Å²) in [5.74, 6) is 1.72. The van der Waals surface area contributed by atoms with Crippen molar-refractivity contribution in [3.05, 3.63) is 18.1 Å². The molecule has 0 aliphatic carbocycles. The Morgan fingerprint density at radius 3 is 3.00 bits per heavy atom. The summed E-state index contributed by atoms with van der Waals surface area (Å²) in [7, 11) is 0. The molecule has 0 aromatic carbocycles. The van der Waals surface area contributed by atoms with Gasteiger partial charge in [-0.05, 0) is 18.8 Å². The largest absolute Gasteiger partial charge is 0.355 e.